The summed E-state index contributed by atoms with van der Waals surface area (Å²) in [6, 6.07) is 7.77. The van der Waals surface area contributed by atoms with Crippen molar-refractivity contribution in [2.24, 2.45) is 0 Å². The van der Waals surface area contributed by atoms with E-state index in [0.717, 1.165) is 30.4 Å². The van der Waals surface area contributed by atoms with Crippen LogP contribution in [0.2, 0.25) is 0 Å². The molecule has 1 aromatic rings. The fraction of sp³-hybridized carbons (Fsp3) is 0.600. The molecule has 0 bridgehead atoms. The molecule has 1 rings (SSSR count). The molecule has 3 nitrogen and oxygen atoms in total. The quantitative estimate of drug-likeness (QED) is 0.659. The molecule has 1 aromatic carbocycles. The van der Waals surface area contributed by atoms with Gasteiger partial charge in [0, 0.05) is 23.6 Å². The first-order valence-corrected chi connectivity index (χ1v) is 9.92. The van der Waals surface area contributed by atoms with E-state index < -0.39 is 9.84 Å². The third kappa shape index (κ3) is 4.22. The van der Waals surface area contributed by atoms with Gasteiger partial charge >= 0.3 is 0 Å². The van der Waals surface area contributed by atoms with Crippen molar-refractivity contribution in [2.75, 3.05) is 22.5 Å². The fourth-order valence-electron chi connectivity index (χ4n) is 2.35. The summed E-state index contributed by atoms with van der Waals surface area (Å²) < 4.78 is 23.7. The second kappa shape index (κ2) is 8.03. The van der Waals surface area contributed by atoms with Crippen LogP contribution >= 0.6 is 15.9 Å². The molecule has 20 heavy (non-hydrogen) atoms. The molecule has 0 amide bonds. The second-order valence-electron chi connectivity index (χ2n) is 4.75. The molecule has 0 aliphatic carbocycles. The molecule has 0 fully saturated rings. The minimum absolute atomic E-state index is 0.143. The van der Waals surface area contributed by atoms with E-state index in [9.17, 15) is 8.42 Å². The summed E-state index contributed by atoms with van der Waals surface area (Å²) in [6.07, 6.45) is 2.16. The van der Waals surface area contributed by atoms with Crippen molar-refractivity contribution in [1.29, 1.82) is 0 Å². The van der Waals surface area contributed by atoms with Crippen molar-refractivity contribution in [3.63, 3.8) is 0 Å². The van der Waals surface area contributed by atoms with Crippen LogP contribution in [0.15, 0.2) is 29.2 Å². The molecule has 0 N–H and O–H groups in total. The van der Waals surface area contributed by atoms with E-state index in [2.05, 4.69) is 34.7 Å². The molecule has 0 saturated heterocycles. The Bertz CT molecular complexity index is 495. The number of halogens is 1. The summed E-state index contributed by atoms with van der Waals surface area (Å²) in [5.74, 6) is 0.143. The Kier molecular flexibility index (Phi) is 7.03. The summed E-state index contributed by atoms with van der Waals surface area (Å²) in [4.78, 5) is 2.75. The zero-order chi connectivity index (χ0) is 15.2. The molecule has 5 heteroatoms. The van der Waals surface area contributed by atoms with E-state index >= 15 is 0 Å². The summed E-state index contributed by atoms with van der Waals surface area (Å²) in [6.45, 7) is 6.97. The van der Waals surface area contributed by atoms with E-state index in [0.29, 0.717) is 10.9 Å². The Morgan fingerprint density at radius 1 is 1.10 bits per heavy atom. The van der Waals surface area contributed by atoms with E-state index in [4.69, 9.17) is 0 Å². The van der Waals surface area contributed by atoms with E-state index in [1.54, 1.807) is 19.1 Å². The summed E-state index contributed by atoms with van der Waals surface area (Å²) in [5.41, 5.74) is 1.09. The van der Waals surface area contributed by atoms with Crippen molar-refractivity contribution in [3.05, 3.63) is 24.3 Å². The molecule has 0 unspecified atom stereocenters. The first kappa shape index (κ1) is 17.5. The normalized spacial score (nSPS) is 11.8. The van der Waals surface area contributed by atoms with Gasteiger partial charge in [0.05, 0.1) is 10.6 Å². The highest BCUT2D eigenvalue weighted by atomic mass is 79.9. The number of sulfone groups is 1. The molecule has 0 atom stereocenters. The Morgan fingerprint density at radius 2 is 1.65 bits per heavy atom. The zero-order valence-electron chi connectivity index (χ0n) is 12.5. The van der Waals surface area contributed by atoms with Gasteiger partial charge in [-0.2, -0.15) is 0 Å². The monoisotopic (exact) mass is 361 g/mol. The van der Waals surface area contributed by atoms with Gasteiger partial charge in [-0.3, -0.25) is 0 Å². The standard InChI is InChI=1S/C15H24BrNO2S/c1-4-13(5-2)17(12-11-16)14-7-9-15(10-8-14)20(18,19)6-3/h7-10,13H,4-6,11-12H2,1-3H3. The average molecular weight is 362 g/mol. The van der Waals surface area contributed by atoms with Crippen molar-refractivity contribution in [2.45, 2.75) is 44.6 Å². The highest BCUT2D eigenvalue weighted by molar-refractivity contribution is 9.09. The van der Waals surface area contributed by atoms with Gasteiger partial charge in [0.2, 0.25) is 0 Å². The Hall–Kier alpha value is -0.550. The van der Waals surface area contributed by atoms with Crippen LogP contribution in [0.25, 0.3) is 0 Å². The minimum Gasteiger partial charge on any atom is -0.368 e. The lowest BCUT2D eigenvalue weighted by Crippen LogP contribution is -2.36. The Morgan fingerprint density at radius 3 is 2.05 bits per heavy atom. The fourth-order valence-corrected chi connectivity index (χ4v) is 3.62. The number of anilines is 1. The number of benzene rings is 1. The molecule has 0 aliphatic rings. The molecule has 0 aliphatic heterocycles. The number of rotatable bonds is 8. The maximum absolute atomic E-state index is 11.8. The SMILES string of the molecule is CCC(CC)N(CCBr)c1ccc(S(=O)(=O)CC)cc1. The summed E-state index contributed by atoms with van der Waals surface area (Å²) in [5, 5.41) is 0.901. The largest absolute Gasteiger partial charge is 0.368 e. The topological polar surface area (TPSA) is 37.4 Å². The van der Waals surface area contributed by atoms with Crippen LogP contribution in [0, 0.1) is 0 Å². The Labute approximate surface area is 131 Å². The third-order valence-electron chi connectivity index (χ3n) is 3.62. The molecule has 114 valence electrons. The van der Waals surface area contributed by atoms with E-state index in [1.807, 2.05) is 12.1 Å². The van der Waals surface area contributed by atoms with E-state index in [-0.39, 0.29) is 5.75 Å². The van der Waals surface area contributed by atoms with Crippen LogP contribution in [-0.4, -0.2) is 32.1 Å². The van der Waals surface area contributed by atoms with Crippen molar-refractivity contribution in [3.8, 4) is 0 Å². The number of nitrogens with zero attached hydrogens (tertiary/aromatic N) is 1. The van der Waals surface area contributed by atoms with Gasteiger partial charge in [-0.25, -0.2) is 8.42 Å². The maximum atomic E-state index is 11.8. The first-order chi connectivity index (χ1) is 9.50. The lowest BCUT2D eigenvalue weighted by atomic mass is 10.1. The summed E-state index contributed by atoms with van der Waals surface area (Å²) >= 11 is 3.49. The molecule has 0 spiro atoms. The van der Waals surface area contributed by atoms with Crippen LogP contribution < -0.4 is 4.90 Å². The van der Waals surface area contributed by atoms with Gasteiger partial charge in [-0.1, -0.05) is 36.7 Å². The van der Waals surface area contributed by atoms with Gasteiger partial charge in [0.25, 0.3) is 0 Å². The molecule has 0 saturated carbocycles. The van der Waals surface area contributed by atoms with E-state index in [1.165, 1.54) is 0 Å². The number of hydrogen-bond donors (Lipinski definition) is 0. The van der Waals surface area contributed by atoms with Crippen LogP contribution in [0.3, 0.4) is 0 Å². The molecule has 0 aromatic heterocycles. The minimum atomic E-state index is -3.11. The maximum Gasteiger partial charge on any atom is 0.178 e. The van der Waals surface area contributed by atoms with Crippen LogP contribution in [0.4, 0.5) is 5.69 Å². The van der Waals surface area contributed by atoms with Gasteiger partial charge in [-0.05, 0) is 37.1 Å². The molecule has 0 radical (unpaired) electrons. The van der Waals surface area contributed by atoms with Gasteiger partial charge in [-0.15, -0.1) is 0 Å². The lowest BCUT2D eigenvalue weighted by Gasteiger charge is -2.32. The van der Waals surface area contributed by atoms with Crippen molar-refractivity contribution >= 4 is 31.5 Å². The lowest BCUT2D eigenvalue weighted by molar-refractivity contribution is 0.568. The zero-order valence-corrected chi connectivity index (χ0v) is 14.9. The molecular weight excluding hydrogens is 338 g/mol. The highest BCUT2D eigenvalue weighted by Crippen LogP contribution is 2.23. The van der Waals surface area contributed by atoms with Crippen LogP contribution in [0.5, 0.6) is 0 Å². The van der Waals surface area contributed by atoms with Gasteiger partial charge < -0.3 is 4.90 Å². The number of hydrogen-bond acceptors (Lipinski definition) is 3. The smallest absolute Gasteiger partial charge is 0.178 e. The van der Waals surface area contributed by atoms with Gasteiger partial charge in [0.1, 0.15) is 0 Å². The molecular formula is C15H24BrNO2S. The summed E-state index contributed by atoms with van der Waals surface area (Å²) in [7, 11) is -3.11. The van der Waals surface area contributed by atoms with Crippen LogP contribution in [-0.2, 0) is 9.84 Å². The Balaban J connectivity index is 3.05. The first-order valence-electron chi connectivity index (χ1n) is 7.15. The predicted molar refractivity (Wildman–Crippen MR) is 89.7 cm³/mol. The average Bonchev–Trinajstić information content (AvgIpc) is 2.47. The second-order valence-corrected chi connectivity index (χ2v) is 7.82. The van der Waals surface area contributed by atoms with Gasteiger partial charge in [0.15, 0.2) is 9.84 Å². The highest BCUT2D eigenvalue weighted by Gasteiger charge is 2.16. The third-order valence-corrected chi connectivity index (χ3v) is 5.72. The number of alkyl halides is 1. The van der Waals surface area contributed by atoms with Crippen molar-refractivity contribution < 1.29 is 8.42 Å². The van der Waals surface area contributed by atoms with Crippen LogP contribution in [0.1, 0.15) is 33.6 Å². The molecule has 0 heterocycles. The van der Waals surface area contributed by atoms with Crippen molar-refractivity contribution in [1.82, 2.24) is 0 Å². The predicted octanol–water partition coefficient (Wildman–Crippen LogP) is 3.87.